The van der Waals surface area contributed by atoms with Gasteiger partial charge < -0.3 is 15.6 Å². The molecule has 0 aliphatic heterocycles. The Labute approximate surface area is 161 Å². The van der Waals surface area contributed by atoms with Crippen molar-refractivity contribution in [3.8, 4) is 0 Å². The third-order valence-corrected chi connectivity index (χ3v) is 8.54. The Balaban J connectivity index is 1.79. The third kappa shape index (κ3) is 2.49. The summed E-state index contributed by atoms with van der Waals surface area (Å²) in [5, 5.41) is 17.4. The lowest BCUT2D eigenvalue weighted by Crippen LogP contribution is -2.65. The summed E-state index contributed by atoms with van der Waals surface area (Å²) in [5.41, 5.74) is 0.462. The number of nitrogens with one attached hydrogen (secondary N) is 2. The summed E-state index contributed by atoms with van der Waals surface area (Å²) in [7, 11) is 0. The Hall–Kier alpha value is -1.52. The van der Waals surface area contributed by atoms with Gasteiger partial charge in [0.2, 0.25) is 0 Å². The van der Waals surface area contributed by atoms with Crippen LogP contribution in [0.15, 0.2) is 0 Å². The Morgan fingerprint density at radius 1 is 1.15 bits per heavy atom. The standard InChI is InChI=1S/C22H32N2O3/c1-4-13-17(23)8-10-22(27-12(2)25)16-7-9-21(3)15(5-6-19(21)26)14(16)11-18(24)20(13)22/h13-16,20,23-24H,4-11H2,1-3H3/t13-,14?,15?,16?,20?,21-,22?/m0/s1. The molecule has 4 saturated carbocycles. The van der Waals surface area contributed by atoms with Crippen LogP contribution in [0, 0.1) is 45.8 Å². The highest BCUT2D eigenvalue weighted by Crippen LogP contribution is 2.63. The summed E-state index contributed by atoms with van der Waals surface area (Å²) < 4.78 is 6.15. The maximum absolute atomic E-state index is 12.6. The molecule has 2 N–H and O–H groups in total. The predicted molar refractivity (Wildman–Crippen MR) is 103 cm³/mol. The number of hydrogen-bond donors (Lipinski definition) is 2. The molecular formula is C22H32N2O3. The van der Waals surface area contributed by atoms with Crippen LogP contribution in [0.25, 0.3) is 0 Å². The van der Waals surface area contributed by atoms with Crippen molar-refractivity contribution < 1.29 is 14.3 Å². The first kappa shape index (κ1) is 18.8. The monoisotopic (exact) mass is 372 g/mol. The average Bonchev–Trinajstić information content (AvgIpc) is 2.91. The van der Waals surface area contributed by atoms with Crippen LogP contribution in [-0.2, 0) is 14.3 Å². The minimum absolute atomic E-state index is 0.00469. The number of fused-ring (bicyclic) bond motifs is 5. The lowest BCUT2D eigenvalue weighted by molar-refractivity contribution is -0.191. The zero-order chi connectivity index (χ0) is 19.6. The molecular weight excluding hydrogens is 340 g/mol. The van der Waals surface area contributed by atoms with Gasteiger partial charge in [-0.05, 0) is 56.8 Å². The number of Topliss-reactive ketones (excluding diaryl/α,β-unsaturated/α-hetero) is 1. The van der Waals surface area contributed by atoms with Crippen molar-refractivity contribution >= 4 is 23.2 Å². The normalized spacial score (nSPS) is 46.5. The van der Waals surface area contributed by atoms with Crippen molar-refractivity contribution in [1.82, 2.24) is 0 Å². The van der Waals surface area contributed by atoms with Crippen LogP contribution in [-0.4, -0.2) is 28.8 Å². The van der Waals surface area contributed by atoms with Gasteiger partial charge >= 0.3 is 5.97 Å². The molecule has 0 radical (unpaired) electrons. The first-order valence-corrected chi connectivity index (χ1v) is 10.6. The van der Waals surface area contributed by atoms with Crippen LogP contribution >= 0.6 is 0 Å². The Morgan fingerprint density at radius 2 is 1.89 bits per heavy atom. The van der Waals surface area contributed by atoms with Gasteiger partial charge in [-0.3, -0.25) is 9.59 Å². The zero-order valence-corrected chi connectivity index (χ0v) is 16.8. The number of rotatable bonds is 2. The molecule has 5 nitrogen and oxygen atoms in total. The number of carbonyl (C=O) groups excluding carboxylic acids is 2. The van der Waals surface area contributed by atoms with Crippen LogP contribution in [0.4, 0.5) is 0 Å². The second kappa shape index (κ2) is 6.25. The Kier molecular flexibility index (Phi) is 4.36. The molecule has 7 atom stereocenters. The van der Waals surface area contributed by atoms with E-state index in [1.54, 1.807) is 0 Å². The molecule has 0 spiro atoms. The molecule has 27 heavy (non-hydrogen) atoms. The minimum atomic E-state index is -0.649. The Morgan fingerprint density at radius 3 is 2.56 bits per heavy atom. The lowest BCUT2D eigenvalue weighted by atomic mass is 9.46. The van der Waals surface area contributed by atoms with Gasteiger partial charge in [0.1, 0.15) is 11.4 Å². The third-order valence-electron chi connectivity index (χ3n) is 8.54. The highest BCUT2D eigenvalue weighted by molar-refractivity contribution is 5.96. The highest BCUT2D eigenvalue weighted by Gasteiger charge is 2.65. The van der Waals surface area contributed by atoms with Crippen molar-refractivity contribution in [1.29, 1.82) is 10.8 Å². The SMILES string of the molecule is CC[C@H]1C(=N)CCC2(OC(C)=O)C3CC[C@]4(C)C(=O)CCC4C3CC(=N)C12. The van der Waals surface area contributed by atoms with Crippen molar-refractivity contribution in [2.45, 2.75) is 77.7 Å². The van der Waals surface area contributed by atoms with E-state index in [0.29, 0.717) is 48.8 Å². The number of ketones is 1. The summed E-state index contributed by atoms with van der Waals surface area (Å²) in [5.74, 6) is 0.736. The zero-order valence-electron chi connectivity index (χ0n) is 16.8. The van der Waals surface area contributed by atoms with Gasteiger partial charge in [-0.1, -0.05) is 13.8 Å². The van der Waals surface area contributed by atoms with Gasteiger partial charge in [0.25, 0.3) is 0 Å². The smallest absolute Gasteiger partial charge is 0.303 e. The molecule has 0 amide bonds. The van der Waals surface area contributed by atoms with E-state index >= 15 is 0 Å². The van der Waals surface area contributed by atoms with Crippen LogP contribution in [0.2, 0.25) is 0 Å². The van der Waals surface area contributed by atoms with E-state index < -0.39 is 5.60 Å². The van der Waals surface area contributed by atoms with Crippen molar-refractivity contribution in [3.63, 3.8) is 0 Å². The summed E-state index contributed by atoms with van der Waals surface area (Å²) in [6.45, 7) is 5.69. The van der Waals surface area contributed by atoms with Gasteiger partial charge in [-0.25, -0.2) is 0 Å². The molecule has 4 fully saturated rings. The van der Waals surface area contributed by atoms with E-state index in [9.17, 15) is 9.59 Å². The number of carbonyl (C=O) groups is 2. The quantitative estimate of drug-likeness (QED) is 0.712. The fraction of sp³-hybridized carbons (Fsp3) is 0.818. The van der Waals surface area contributed by atoms with Crippen molar-refractivity contribution in [3.05, 3.63) is 0 Å². The van der Waals surface area contributed by atoms with E-state index in [4.69, 9.17) is 15.6 Å². The average molecular weight is 373 g/mol. The van der Waals surface area contributed by atoms with Crippen LogP contribution < -0.4 is 0 Å². The number of ether oxygens (including phenoxy) is 1. The van der Waals surface area contributed by atoms with Crippen LogP contribution in [0.5, 0.6) is 0 Å². The second-order valence-electron chi connectivity index (χ2n) is 9.59. The molecule has 0 heterocycles. The predicted octanol–water partition coefficient (Wildman–Crippen LogP) is 4.18. The Bertz CT molecular complexity index is 716. The first-order chi connectivity index (χ1) is 12.7. The summed E-state index contributed by atoms with van der Waals surface area (Å²) in [4.78, 5) is 24.8. The van der Waals surface area contributed by atoms with E-state index in [2.05, 4.69) is 13.8 Å². The molecule has 0 saturated heterocycles. The molecule has 0 aromatic heterocycles. The molecule has 4 aliphatic rings. The van der Waals surface area contributed by atoms with Crippen molar-refractivity contribution in [2.75, 3.05) is 0 Å². The van der Waals surface area contributed by atoms with Gasteiger partial charge in [0, 0.05) is 47.9 Å². The number of esters is 1. The van der Waals surface area contributed by atoms with E-state index in [0.717, 1.165) is 25.7 Å². The minimum Gasteiger partial charge on any atom is -0.458 e. The molecule has 5 unspecified atom stereocenters. The molecule has 5 heteroatoms. The maximum atomic E-state index is 12.6. The fourth-order valence-corrected chi connectivity index (χ4v) is 7.44. The fourth-order valence-electron chi connectivity index (χ4n) is 7.44. The second-order valence-corrected chi connectivity index (χ2v) is 9.59. The van der Waals surface area contributed by atoms with Crippen LogP contribution in [0.3, 0.4) is 0 Å². The molecule has 0 aromatic carbocycles. The van der Waals surface area contributed by atoms with Gasteiger partial charge in [0.15, 0.2) is 0 Å². The summed E-state index contributed by atoms with van der Waals surface area (Å²) >= 11 is 0. The molecule has 0 aromatic rings. The molecule has 0 bridgehead atoms. The van der Waals surface area contributed by atoms with Gasteiger partial charge in [0.05, 0.1) is 0 Å². The van der Waals surface area contributed by atoms with E-state index in [1.807, 2.05) is 0 Å². The molecule has 148 valence electrons. The topological polar surface area (TPSA) is 91.1 Å². The first-order valence-electron chi connectivity index (χ1n) is 10.6. The summed E-state index contributed by atoms with van der Waals surface area (Å²) in [6, 6.07) is 0. The van der Waals surface area contributed by atoms with Crippen molar-refractivity contribution in [2.24, 2.45) is 35.0 Å². The highest BCUT2D eigenvalue weighted by atomic mass is 16.6. The van der Waals surface area contributed by atoms with E-state index in [-0.39, 0.29) is 35.1 Å². The maximum Gasteiger partial charge on any atom is 0.303 e. The van der Waals surface area contributed by atoms with Gasteiger partial charge in [-0.15, -0.1) is 0 Å². The van der Waals surface area contributed by atoms with E-state index in [1.165, 1.54) is 6.92 Å². The van der Waals surface area contributed by atoms with Gasteiger partial charge in [-0.2, -0.15) is 0 Å². The molecule has 4 rings (SSSR count). The molecule has 4 aliphatic carbocycles. The number of hydrogen-bond acceptors (Lipinski definition) is 5. The summed E-state index contributed by atoms with van der Waals surface area (Å²) in [6.07, 6.45) is 6.16. The van der Waals surface area contributed by atoms with Crippen LogP contribution in [0.1, 0.15) is 72.1 Å². The largest absolute Gasteiger partial charge is 0.458 e. The lowest BCUT2D eigenvalue weighted by Gasteiger charge is -2.60.